The lowest BCUT2D eigenvalue weighted by atomic mass is 10.1. The van der Waals surface area contributed by atoms with Gasteiger partial charge in [-0.2, -0.15) is 0 Å². The number of phenolic OH excluding ortho intramolecular Hbond substituents is 1. The van der Waals surface area contributed by atoms with Gasteiger partial charge in [0.05, 0.1) is 0 Å². The van der Waals surface area contributed by atoms with E-state index in [-0.39, 0.29) is 18.8 Å². The zero-order chi connectivity index (χ0) is 15.9. The molecule has 0 aliphatic rings. The monoisotopic (exact) mass is 306 g/mol. The maximum Gasteiger partial charge on any atom is 0.165 e. The van der Waals surface area contributed by atoms with Crippen LogP contribution in [0.15, 0.2) is 48.5 Å². The molecule has 1 N–H and O–H groups in total. The van der Waals surface area contributed by atoms with Crippen molar-refractivity contribution in [1.82, 2.24) is 0 Å². The maximum absolute atomic E-state index is 13.5. The number of ether oxygens (including phenoxy) is 1. The van der Waals surface area contributed by atoms with E-state index >= 15 is 0 Å². The van der Waals surface area contributed by atoms with Crippen LogP contribution in [0.1, 0.15) is 19.8 Å². The molecule has 0 bridgehead atoms. The van der Waals surface area contributed by atoms with Crippen molar-refractivity contribution in [2.24, 2.45) is 0 Å². The Morgan fingerprint density at radius 3 is 2.00 bits per heavy atom. The van der Waals surface area contributed by atoms with Crippen molar-refractivity contribution < 1.29 is 18.6 Å². The van der Waals surface area contributed by atoms with Crippen molar-refractivity contribution in [3.8, 4) is 22.6 Å². The van der Waals surface area contributed by atoms with Crippen LogP contribution >= 0.6 is 0 Å². The van der Waals surface area contributed by atoms with Gasteiger partial charge in [0.15, 0.2) is 6.17 Å². The highest BCUT2D eigenvalue weighted by molar-refractivity contribution is 5.64. The van der Waals surface area contributed by atoms with Gasteiger partial charge in [-0.1, -0.05) is 37.6 Å². The van der Waals surface area contributed by atoms with Crippen molar-refractivity contribution in [3.63, 3.8) is 0 Å². The fourth-order valence-corrected chi connectivity index (χ4v) is 2.13. The van der Waals surface area contributed by atoms with Gasteiger partial charge in [0.1, 0.15) is 24.3 Å². The van der Waals surface area contributed by atoms with Gasteiger partial charge in [-0.05, 0) is 41.8 Å². The third kappa shape index (κ3) is 4.45. The lowest BCUT2D eigenvalue weighted by molar-refractivity contribution is 0.103. The Balaban J connectivity index is 1.93. The quantitative estimate of drug-likeness (QED) is 0.787. The molecule has 0 saturated heterocycles. The molecule has 118 valence electrons. The van der Waals surface area contributed by atoms with E-state index in [2.05, 4.69) is 0 Å². The minimum absolute atomic E-state index is 0.213. The van der Waals surface area contributed by atoms with Gasteiger partial charge in [-0.25, -0.2) is 8.78 Å². The molecular formula is C18H20F2O2. The largest absolute Gasteiger partial charge is 0.508 e. The number of phenols is 1. The van der Waals surface area contributed by atoms with Crippen molar-refractivity contribution in [2.75, 3.05) is 6.61 Å². The average Bonchev–Trinajstić information content (AvgIpc) is 2.54. The van der Waals surface area contributed by atoms with Crippen LogP contribution in [0.5, 0.6) is 11.5 Å². The highest BCUT2D eigenvalue weighted by atomic mass is 19.2. The predicted molar refractivity (Wildman–Crippen MR) is 83.7 cm³/mol. The third-order valence-corrected chi connectivity index (χ3v) is 3.42. The van der Waals surface area contributed by atoms with E-state index in [9.17, 15) is 13.9 Å². The minimum Gasteiger partial charge on any atom is -0.508 e. The van der Waals surface area contributed by atoms with Crippen molar-refractivity contribution in [2.45, 2.75) is 32.1 Å². The molecule has 0 saturated carbocycles. The molecule has 2 nitrogen and oxygen atoms in total. The normalized spacial score (nSPS) is 13.6. The molecule has 22 heavy (non-hydrogen) atoms. The highest BCUT2D eigenvalue weighted by Gasteiger charge is 2.20. The van der Waals surface area contributed by atoms with Crippen LogP contribution in [0.3, 0.4) is 0 Å². The summed E-state index contributed by atoms with van der Waals surface area (Å²) in [6.45, 7) is 1.54. The van der Waals surface area contributed by atoms with Crippen LogP contribution in [0.4, 0.5) is 8.78 Å². The zero-order valence-electron chi connectivity index (χ0n) is 12.5. The Hall–Kier alpha value is -2.10. The lowest BCUT2D eigenvalue weighted by Gasteiger charge is -2.14. The summed E-state index contributed by atoms with van der Waals surface area (Å²) in [5.74, 6) is 0.722. The van der Waals surface area contributed by atoms with Crippen molar-refractivity contribution in [1.29, 1.82) is 0 Å². The Kier molecular flexibility index (Phi) is 5.75. The molecule has 0 unspecified atom stereocenters. The van der Waals surface area contributed by atoms with Gasteiger partial charge in [0.25, 0.3) is 0 Å². The Labute approximate surface area is 129 Å². The van der Waals surface area contributed by atoms with E-state index in [4.69, 9.17) is 4.74 Å². The fraction of sp³-hybridized carbons (Fsp3) is 0.333. The van der Waals surface area contributed by atoms with E-state index in [0.717, 1.165) is 11.1 Å². The molecule has 0 spiro atoms. The second-order valence-corrected chi connectivity index (χ2v) is 5.20. The number of halogens is 2. The predicted octanol–water partition coefficient (Wildman–Crippen LogP) is 4.91. The number of hydrogen-bond acceptors (Lipinski definition) is 2. The second-order valence-electron chi connectivity index (χ2n) is 5.20. The summed E-state index contributed by atoms with van der Waals surface area (Å²) < 4.78 is 32.2. The second kappa shape index (κ2) is 7.78. The number of aromatic hydroxyl groups is 1. The summed E-state index contributed by atoms with van der Waals surface area (Å²) in [6.07, 6.45) is -2.24. The van der Waals surface area contributed by atoms with Gasteiger partial charge in [0, 0.05) is 0 Å². The van der Waals surface area contributed by atoms with Crippen LogP contribution < -0.4 is 4.74 Å². The van der Waals surface area contributed by atoms with Crippen LogP contribution in [-0.2, 0) is 0 Å². The Bertz CT molecular complexity index is 567. The van der Waals surface area contributed by atoms with Crippen LogP contribution in [-0.4, -0.2) is 24.1 Å². The topological polar surface area (TPSA) is 29.5 Å². The Morgan fingerprint density at radius 2 is 1.45 bits per heavy atom. The minimum atomic E-state index is -1.60. The molecule has 0 aliphatic carbocycles. The first-order valence-corrected chi connectivity index (χ1v) is 7.40. The third-order valence-electron chi connectivity index (χ3n) is 3.42. The smallest absolute Gasteiger partial charge is 0.165 e. The summed E-state index contributed by atoms with van der Waals surface area (Å²) >= 11 is 0. The molecule has 0 heterocycles. The van der Waals surface area contributed by atoms with Gasteiger partial charge in [0.2, 0.25) is 0 Å². The molecule has 0 fully saturated rings. The summed E-state index contributed by atoms with van der Waals surface area (Å²) in [7, 11) is 0. The first-order chi connectivity index (χ1) is 10.6. The van der Waals surface area contributed by atoms with Gasteiger partial charge >= 0.3 is 0 Å². The molecule has 2 rings (SSSR count). The number of hydrogen-bond donors (Lipinski definition) is 1. The number of rotatable bonds is 7. The molecule has 0 aromatic heterocycles. The van der Waals surface area contributed by atoms with E-state index in [1.165, 1.54) is 0 Å². The first kappa shape index (κ1) is 16.3. The van der Waals surface area contributed by atoms with E-state index in [0.29, 0.717) is 12.2 Å². The van der Waals surface area contributed by atoms with E-state index in [1.54, 1.807) is 36.4 Å². The van der Waals surface area contributed by atoms with Gasteiger partial charge in [-0.15, -0.1) is 0 Å². The number of benzene rings is 2. The lowest BCUT2D eigenvalue weighted by Crippen LogP contribution is -2.24. The first-order valence-electron chi connectivity index (χ1n) is 7.40. The molecular weight excluding hydrogens is 286 g/mol. The number of alkyl halides is 2. The van der Waals surface area contributed by atoms with E-state index < -0.39 is 12.3 Å². The SMILES string of the molecule is CCC[C@@H](F)[C@H](F)COc1ccc(-c2ccc(O)cc2)cc1. The van der Waals surface area contributed by atoms with Gasteiger partial charge in [-0.3, -0.25) is 0 Å². The zero-order valence-corrected chi connectivity index (χ0v) is 12.5. The average molecular weight is 306 g/mol. The summed E-state index contributed by atoms with van der Waals surface area (Å²) in [4.78, 5) is 0. The van der Waals surface area contributed by atoms with Crippen molar-refractivity contribution >= 4 is 0 Å². The fourth-order valence-electron chi connectivity index (χ4n) is 2.13. The van der Waals surface area contributed by atoms with E-state index in [1.807, 2.05) is 19.1 Å². The Morgan fingerprint density at radius 1 is 0.909 bits per heavy atom. The van der Waals surface area contributed by atoms with Crippen LogP contribution in [0, 0.1) is 0 Å². The molecule has 2 atom stereocenters. The van der Waals surface area contributed by atoms with Crippen LogP contribution in [0.2, 0.25) is 0 Å². The standard InChI is InChI=1S/C18H20F2O2/c1-2-3-17(19)18(20)12-22-16-10-6-14(7-11-16)13-4-8-15(21)9-5-13/h4-11,17-18,21H,2-3,12H2,1H3/t17-,18-/m1/s1. The highest BCUT2D eigenvalue weighted by Crippen LogP contribution is 2.24. The molecule has 0 aliphatic heterocycles. The molecule has 4 heteroatoms. The summed E-state index contributed by atoms with van der Waals surface area (Å²) in [5, 5.41) is 9.27. The molecule has 0 radical (unpaired) electrons. The maximum atomic E-state index is 13.5. The van der Waals surface area contributed by atoms with Gasteiger partial charge < -0.3 is 9.84 Å². The molecule has 2 aromatic rings. The molecule has 0 amide bonds. The van der Waals surface area contributed by atoms with Crippen molar-refractivity contribution in [3.05, 3.63) is 48.5 Å². The summed E-state index contributed by atoms with van der Waals surface area (Å²) in [6, 6.07) is 14.0. The molecule has 2 aromatic carbocycles. The summed E-state index contributed by atoms with van der Waals surface area (Å²) in [5.41, 5.74) is 1.91. The van der Waals surface area contributed by atoms with Crippen LogP contribution in [0.25, 0.3) is 11.1 Å².